The second-order valence-corrected chi connectivity index (χ2v) is 5.90. The Kier molecular flexibility index (Phi) is 5.27. The number of carbonyl (C=O) groups excluding carboxylic acids is 1. The van der Waals surface area contributed by atoms with Crippen LogP contribution >= 0.6 is 11.3 Å². The van der Waals surface area contributed by atoms with E-state index in [0.717, 1.165) is 21.9 Å². The van der Waals surface area contributed by atoms with Gasteiger partial charge in [0.15, 0.2) is 0 Å². The summed E-state index contributed by atoms with van der Waals surface area (Å²) in [4.78, 5) is 12.9. The van der Waals surface area contributed by atoms with Gasteiger partial charge in [-0.2, -0.15) is 10.2 Å². The standard InChI is InChI=1S/C19H15N3OS/c23-19(13-12-18-7-4-14-24-18)20-15-8-10-17(11-9-15)22-21-16-5-2-1-3-6-16/h1-14H,(H,20,23)/b13-12+,22-21?. The number of azo groups is 1. The summed E-state index contributed by atoms with van der Waals surface area (Å²) in [5, 5.41) is 13.1. The van der Waals surface area contributed by atoms with Crippen LogP contribution in [0.5, 0.6) is 0 Å². The normalized spacial score (nSPS) is 11.2. The maximum Gasteiger partial charge on any atom is 0.248 e. The number of hydrogen-bond acceptors (Lipinski definition) is 4. The van der Waals surface area contributed by atoms with Gasteiger partial charge in [0.1, 0.15) is 0 Å². The van der Waals surface area contributed by atoms with Gasteiger partial charge in [-0.05, 0) is 53.9 Å². The summed E-state index contributed by atoms with van der Waals surface area (Å²) in [6.07, 6.45) is 3.32. The van der Waals surface area contributed by atoms with Gasteiger partial charge in [0.2, 0.25) is 5.91 Å². The van der Waals surface area contributed by atoms with E-state index in [4.69, 9.17) is 0 Å². The number of thiophene rings is 1. The average molecular weight is 333 g/mol. The molecule has 0 radical (unpaired) electrons. The van der Waals surface area contributed by atoms with Gasteiger partial charge in [-0.15, -0.1) is 11.3 Å². The number of hydrogen-bond donors (Lipinski definition) is 1. The highest BCUT2D eigenvalue weighted by molar-refractivity contribution is 7.10. The summed E-state index contributed by atoms with van der Waals surface area (Å²) in [7, 11) is 0. The molecule has 0 saturated carbocycles. The van der Waals surface area contributed by atoms with Crippen molar-refractivity contribution in [2.75, 3.05) is 5.32 Å². The number of anilines is 1. The third kappa shape index (κ3) is 4.72. The molecule has 1 N–H and O–H groups in total. The molecule has 0 aliphatic heterocycles. The Morgan fingerprint density at radius 1 is 0.875 bits per heavy atom. The van der Waals surface area contributed by atoms with Crippen molar-refractivity contribution in [2.45, 2.75) is 0 Å². The van der Waals surface area contributed by atoms with Crippen LogP contribution in [-0.4, -0.2) is 5.91 Å². The van der Waals surface area contributed by atoms with E-state index in [1.807, 2.05) is 60.0 Å². The Labute approximate surface area is 144 Å². The molecule has 0 bridgehead atoms. The quantitative estimate of drug-likeness (QED) is 0.464. The second-order valence-electron chi connectivity index (χ2n) is 4.92. The van der Waals surface area contributed by atoms with Crippen LogP contribution in [0, 0.1) is 0 Å². The zero-order valence-corrected chi connectivity index (χ0v) is 13.6. The summed E-state index contributed by atoms with van der Waals surface area (Å²) in [5.41, 5.74) is 2.24. The SMILES string of the molecule is O=C(/C=C/c1cccs1)Nc1ccc(N=Nc2ccccc2)cc1. The van der Waals surface area contributed by atoms with E-state index in [1.165, 1.54) is 6.08 Å². The maximum absolute atomic E-state index is 11.9. The summed E-state index contributed by atoms with van der Waals surface area (Å²) >= 11 is 1.59. The molecule has 1 amide bonds. The van der Waals surface area contributed by atoms with E-state index < -0.39 is 0 Å². The van der Waals surface area contributed by atoms with E-state index in [-0.39, 0.29) is 5.91 Å². The Hall–Kier alpha value is -3.05. The van der Waals surface area contributed by atoms with Crippen LogP contribution in [0.3, 0.4) is 0 Å². The van der Waals surface area contributed by atoms with Gasteiger partial charge in [0.25, 0.3) is 0 Å². The fraction of sp³-hybridized carbons (Fsp3) is 0. The fourth-order valence-corrected chi connectivity index (χ4v) is 2.57. The Morgan fingerprint density at radius 2 is 1.58 bits per heavy atom. The third-order valence-corrected chi connectivity index (χ3v) is 3.95. The Balaban J connectivity index is 1.58. The van der Waals surface area contributed by atoms with Crippen LogP contribution < -0.4 is 5.32 Å². The topological polar surface area (TPSA) is 53.8 Å². The summed E-state index contributed by atoms with van der Waals surface area (Å²) < 4.78 is 0. The van der Waals surface area contributed by atoms with Gasteiger partial charge < -0.3 is 5.32 Å². The molecule has 3 rings (SSSR count). The zero-order chi connectivity index (χ0) is 16.6. The molecular formula is C19H15N3OS. The predicted octanol–water partition coefficient (Wildman–Crippen LogP) is 5.82. The molecule has 118 valence electrons. The molecule has 5 heteroatoms. The van der Waals surface area contributed by atoms with E-state index in [0.29, 0.717) is 0 Å². The molecule has 1 heterocycles. The Bertz CT molecular complexity index is 838. The van der Waals surface area contributed by atoms with Gasteiger partial charge >= 0.3 is 0 Å². The molecule has 0 fully saturated rings. The van der Waals surface area contributed by atoms with Gasteiger partial charge in [-0.3, -0.25) is 4.79 Å². The molecule has 0 spiro atoms. The van der Waals surface area contributed by atoms with Crippen LogP contribution in [0.4, 0.5) is 17.1 Å². The van der Waals surface area contributed by atoms with Crippen molar-refractivity contribution < 1.29 is 4.79 Å². The van der Waals surface area contributed by atoms with E-state index in [9.17, 15) is 4.79 Å². The first-order valence-corrected chi connectivity index (χ1v) is 8.27. The van der Waals surface area contributed by atoms with Crippen molar-refractivity contribution in [3.63, 3.8) is 0 Å². The molecule has 4 nitrogen and oxygen atoms in total. The van der Waals surface area contributed by atoms with Gasteiger partial charge in [0, 0.05) is 16.6 Å². The highest BCUT2D eigenvalue weighted by Crippen LogP contribution is 2.20. The second kappa shape index (κ2) is 7.99. The van der Waals surface area contributed by atoms with Crippen LogP contribution in [-0.2, 0) is 4.79 Å². The monoisotopic (exact) mass is 333 g/mol. The first kappa shape index (κ1) is 15.8. The minimum absolute atomic E-state index is 0.165. The summed E-state index contributed by atoms with van der Waals surface area (Å²) in [6.45, 7) is 0. The number of rotatable bonds is 5. The molecular weight excluding hydrogens is 318 g/mol. The molecule has 0 unspecified atom stereocenters. The van der Waals surface area contributed by atoms with Gasteiger partial charge in [-0.25, -0.2) is 0 Å². The summed E-state index contributed by atoms with van der Waals surface area (Å²) in [6, 6.07) is 20.7. The molecule has 2 aromatic carbocycles. The van der Waals surface area contributed by atoms with Crippen LogP contribution in [0.25, 0.3) is 6.08 Å². The highest BCUT2D eigenvalue weighted by Gasteiger charge is 1.98. The maximum atomic E-state index is 11.9. The first-order chi connectivity index (χ1) is 11.8. The smallest absolute Gasteiger partial charge is 0.248 e. The van der Waals surface area contributed by atoms with Crippen molar-refractivity contribution in [2.24, 2.45) is 10.2 Å². The summed E-state index contributed by atoms with van der Waals surface area (Å²) in [5.74, 6) is -0.165. The molecule has 1 aromatic heterocycles. The van der Waals surface area contributed by atoms with Crippen molar-refractivity contribution in [3.8, 4) is 0 Å². The minimum Gasteiger partial charge on any atom is -0.323 e. The van der Waals surface area contributed by atoms with Crippen LogP contribution in [0.15, 0.2) is 88.4 Å². The largest absolute Gasteiger partial charge is 0.323 e. The number of carbonyl (C=O) groups is 1. The van der Waals surface area contributed by atoms with Crippen LogP contribution in [0.2, 0.25) is 0 Å². The molecule has 0 atom stereocenters. The van der Waals surface area contributed by atoms with Crippen molar-refractivity contribution in [3.05, 3.63) is 83.1 Å². The predicted molar refractivity (Wildman–Crippen MR) is 99.0 cm³/mol. The van der Waals surface area contributed by atoms with E-state index in [2.05, 4.69) is 15.5 Å². The molecule has 3 aromatic rings. The highest BCUT2D eigenvalue weighted by atomic mass is 32.1. The van der Waals surface area contributed by atoms with Crippen molar-refractivity contribution >= 4 is 40.4 Å². The number of amides is 1. The molecule has 0 saturated heterocycles. The van der Waals surface area contributed by atoms with Crippen LogP contribution in [0.1, 0.15) is 4.88 Å². The van der Waals surface area contributed by atoms with Crippen molar-refractivity contribution in [1.29, 1.82) is 0 Å². The molecule has 0 aliphatic rings. The van der Waals surface area contributed by atoms with Gasteiger partial charge in [0.05, 0.1) is 11.4 Å². The third-order valence-electron chi connectivity index (χ3n) is 3.11. The Morgan fingerprint density at radius 3 is 2.25 bits per heavy atom. The molecule has 0 aliphatic carbocycles. The molecule has 24 heavy (non-hydrogen) atoms. The number of nitrogens with one attached hydrogen (secondary N) is 1. The minimum atomic E-state index is -0.165. The zero-order valence-electron chi connectivity index (χ0n) is 12.8. The lowest BCUT2D eigenvalue weighted by atomic mass is 10.3. The van der Waals surface area contributed by atoms with E-state index >= 15 is 0 Å². The van der Waals surface area contributed by atoms with Gasteiger partial charge in [-0.1, -0.05) is 24.3 Å². The number of benzene rings is 2. The lowest BCUT2D eigenvalue weighted by Gasteiger charge is -2.01. The van der Waals surface area contributed by atoms with E-state index in [1.54, 1.807) is 29.5 Å². The average Bonchev–Trinajstić information content (AvgIpc) is 3.14. The number of nitrogens with zero attached hydrogens (tertiary/aromatic N) is 2. The van der Waals surface area contributed by atoms with Crippen molar-refractivity contribution in [1.82, 2.24) is 0 Å². The first-order valence-electron chi connectivity index (χ1n) is 7.39. The lowest BCUT2D eigenvalue weighted by molar-refractivity contribution is -0.111. The lowest BCUT2D eigenvalue weighted by Crippen LogP contribution is -2.07. The fourth-order valence-electron chi connectivity index (χ4n) is 1.95.